The van der Waals surface area contributed by atoms with Gasteiger partial charge in [0.05, 0.1) is 5.56 Å². The average Bonchev–Trinajstić information content (AvgIpc) is 2.90. The number of hydrogen-bond acceptors (Lipinski definition) is 3. The summed E-state index contributed by atoms with van der Waals surface area (Å²) in [6.07, 6.45) is 2.49. The lowest BCUT2D eigenvalue weighted by atomic mass is 10.2. The van der Waals surface area contributed by atoms with Crippen LogP contribution in [-0.4, -0.2) is 17.0 Å². The first-order chi connectivity index (χ1) is 9.97. The first-order valence-electron chi connectivity index (χ1n) is 6.03. The molecule has 21 heavy (non-hydrogen) atoms. The Bertz CT molecular complexity index is 721. The monoisotopic (exact) mass is 321 g/mol. The molecule has 108 valence electrons. The summed E-state index contributed by atoms with van der Waals surface area (Å²) in [5.74, 6) is -1.28. The van der Waals surface area contributed by atoms with Crippen LogP contribution in [0.3, 0.4) is 0 Å². The molecule has 6 heteroatoms. The average molecular weight is 322 g/mol. The second kappa shape index (κ2) is 6.56. The van der Waals surface area contributed by atoms with E-state index in [9.17, 15) is 9.59 Å². The van der Waals surface area contributed by atoms with Gasteiger partial charge in [0, 0.05) is 27.0 Å². The number of benzene rings is 1. The lowest BCUT2D eigenvalue weighted by molar-refractivity contribution is -0.131. The molecule has 0 bridgehead atoms. The summed E-state index contributed by atoms with van der Waals surface area (Å²) in [7, 11) is 0. The zero-order valence-corrected chi connectivity index (χ0v) is 12.7. The van der Waals surface area contributed by atoms with Crippen molar-refractivity contribution in [3.05, 3.63) is 56.7 Å². The van der Waals surface area contributed by atoms with Gasteiger partial charge in [-0.15, -0.1) is 11.3 Å². The number of carbonyl (C=O) groups is 2. The van der Waals surface area contributed by atoms with Gasteiger partial charge in [-0.3, -0.25) is 4.79 Å². The highest BCUT2D eigenvalue weighted by molar-refractivity contribution is 7.11. The highest BCUT2D eigenvalue weighted by Crippen LogP contribution is 2.24. The number of nitrogens with one attached hydrogen (secondary N) is 1. The van der Waals surface area contributed by atoms with E-state index >= 15 is 0 Å². The Morgan fingerprint density at radius 1 is 1.38 bits per heavy atom. The van der Waals surface area contributed by atoms with Crippen LogP contribution in [0.1, 0.15) is 20.8 Å². The SMILES string of the molecule is Cc1c(Cl)cccc1NC(=O)c1csc(C=CC(=O)O)c1. The predicted molar refractivity (Wildman–Crippen MR) is 85.1 cm³/mol. The molecule has 2 rings (SSSR count). The molecule has 1 amide bonds. The van der Waals surface area contributed by atoms with Gasteiger partial charge >= 0.3 is 5.97 Å². The smallest absolute Gasteiger partial charge is 0.328 e. The number of carbonyl (C=O) groups excluding carboxylic acids is 1. The van der Waals surface area contributed by atoms with Crippen molar-refractivity contribution in [2.45, 2.75) is 6.92 Å². The van der Waals surface area contributed by atoms with Gasteiger partial charge in [0.25, 0.3) is 5.91 Å². The number of anilines is 1. The van der Waals surface area contributed by atoms with Crippen LogP contribution >= 0.6 is 22.9 Å². The molecule has 2 N–H and O–H groups in total. The number of carboxylic acids is 1. The van der Waals surface area contributed by atoms with Crippen molar-refractivity contribution >= 4 is 46.6 Å². The molecule has 0 fully saturated rings. The van der Waals surface area contributed by atoms with Crippen molar-refractivity contribution in [3.8, 4) is 0 Å². The fraction of sp³-hybridized carbons (Fsp3) is 0.0667. The van der Waals surface area contributed by atoms with E-state index in [2.05, 4.69) is 5.32 Å². The molecule has 1 aromatic carbocycles. The molecule has 0 aliphatic carbocycles. The first-order valence-corrected chi connectivity index (χ1v) is 7.29. The molecule has 0 spiro atoms. The summed E-state index contributed by atoms with van der Waals surface area (Å²) in [5, 5.41) is 13.6. The molecule has 0 aliphatic heterocycles. The van der Waals surface area contributed by atoms with E-state index in [4.69, 9.17) is 16.7 Å². The fourth-order valence-electron chi connectivity index (χ4n) is 1.65. The maximum atomic E-state index is 12.1. The highest BCUT2D eigenvalue weighted by Gasteiger charge is 2.10. The summed E-state index contributed by atoms with van der Waals surface area (Å²) >= 11 is 7.31. The largest absolute Gasteiger partial charge is 0.478 e. The number of amides is 1. The maximum absolute atomic E-state index is 12.1. The predicted octanol–water partition coefficient (Wildman–Crippen LogP) is 4.06. The van der Waals surface area contributed by atoms with Crippen LogP contribution in [0, 0.1) is 6.92 Å². The molecule has 0 aliphatic rings. The lowest BCUT2D eigenvalue weighted by Gasteiger charge is -2.08. The summed E-state index contributed by atoms with van der Waals surface area (Å²) in [6.45, 7) is 1.83. The summed E-state index contributed by atoms with van der Waals surface area (Å²) < 4.78 is 0. The van der Waals surface area contributed by atoms with Gasteiger partial charge in [-0.2, -0.15) is 0 Å². The van der Waals surface area contributed by atoms with Crippen LogP contribution in [0.4, 0.5) is 5.69 Å². The van der Waals surface area contributed by atoms with Crippen molar-refractivity contribution in [1.29, 1.82) is 0 Å². The van der Waals surface area contributed by atoms with Gasteiger partial charge in [-0.1, -0.05) is 17.7 Å². The number of aliphatic carboxylic acids is 1. The molecule has 0 unspecified atom stereocenters. The normalized spacial score (nSPS) is 10.8. The van der Waals surface area contributed by atoms with E-state index in [1.165, 1.54) is 17.4 Å². The van der Waals surface area contributed by atoms with Crippen molar-refractivity contribution in [1.82, 2.24) is 0 Å². The molecule has 0 saturated heterocycles. The molecule has 1 heterocycles. The number of carboxylic acid groups (broad SMARTS) is 1. The van der Waals surface area contributed by atoms with Gasteiger partial charge in [-0.05, 0) is 36.8 Å². The van der Waals surface area contributed by atoms with E-state index < -0.39 is 5.97 Å². The van der Waals surface area contributed by atoms with Crippen molar-refractivity contribution in [3.63, 3.8) is 0 Å². The molecule has 4 nitrogen and oxygen atoms in total. The molecule has 0 saturated carbocycles. The van der Waals surface area contributed by atoms with Crippen LogP contribution in [-0.2, 0) is 4.79 Å². The third kappa shape index (κ3) is 3.93. The zero-order chi connectivity index (χ0) is 15.4. The Balaban J connectivity index is 2.14. The molecule has 2 aromatic rings. The Kier molecular flexibility index (Phi) is 4.77. The molecule has 0 radical (unpaired) electrons. The van der Waals surface area contributed by atoms with Gasteiger partial charge in [-0.25, -0.2) is 4.79 Å². The van der Waals surface area contributed by atoms with Gasteiger partial charge in [0.2, 0.25) is 0 Å². The fourth-order valence-corrected chi connectivity index (χ4v) is 2.60. The van der Waals surface area contributed by atoms with E-state index in [1.807, 2.05) is 6.92 Å². The standard InChI is InChI=1S/C15H12ClNO3S/c1-9-12(16)3-2-4-13(9)17-15(20)10-7-11(21-8-10)5-6-14(18)19/h2-8H,1H3,(H,17,20)(H,18,19). The number of hydrogen-bond donors (Lipinski definition) is 2. The topological polar surface area (TPSA) is 66.4 Å². The summed E-state index contributed by atoms with van der Waals surface area (Å²) in [6, 6.07) is 6.93. The van der Waals surface area contributed by atoms with Crippen LogP contribution in [0.15, 0.2) is 35.7 Å². The molecule has 1 aromatic heterocycles. The minimum atomic E-state index is -1.02. The van der Waals surface area contributed by atoms with Crippen molar-refractivity contribution < 1.29 is 14.7 Å². The van der Waals surface area contributed by atoms with E-state index in [0.717, 1.165) is 11.6 Å². The van der Waals surface area contributed by atoms with Crippen molar-refractivity contribution in [2.75, 3.05) is 5.32 Å². The zero-order valence-electron chi connectivity index (χ0n) is 11.1. The molecular formula is C15H12ClNO3S. The molecule has 0 atom stereocenters. The van der Waals surface area contributed by atoms with Crippen LogP contribution in [0.5, 0.6) is 0 Å². The summed E-state index contributed by atoms with van der Waals surface area (Å²) in [5.41, 5.74) is 1.93. The minimum absolute atomic E-state index is 0.258. The van der Waals surface area contributed by atoms with E-state index in [0.29, 0.717) is 21.2 Å². The third-order valence-electron chi connectivity index (χ3n) is 2.79. The second-order valence-corrected chi connectivity index (χ2v) is 5.63. The van der Waals surface area contributed by atoms with Gasteiger partial charge in [0.15, 0.2) is 0 Å². The maximum Gasteiger partial charge on any atom is 0.328 e. The Morgan fingerprint density at radius 3 is 2.86 bits per heavy atom. The van der Waals surface area contributed by atoms with E-state index in [1.54, 1.807) is 29.6 Å². The Morgan fingerprint density at radius 2 is 2.14 bits per heavy atom. The van der Waals surface area contributed by atoms with Crippen LogP contribution in [0.25, 0.3) is 6.08 Å². The molecular weight excluding hydrogens is 310 g/mol. The number of thiophene rings is 1. The number of rotatable bonds is 4. The summed E-state index contributed by atoms with van der Waals surface area (Å²) in [4.78, 5) is 23.3. The van der Waals surface area contributed by atoms with Crippen LogP contribution < -0.4 is 5.32 Å². The lowest BCUT2D eigenvalue weighted by Crippen LogP contribution is -2.11. The van der Waals surface area contributed by atoms with Crippen LogP contribution in [0.2, 0.25) is 5.02 Å². The van der Waals surface area contributed by atoms with Gasteiger partial charge in [0.1, 0.15) is 0 Å². The van der Waals surface area contributed by atoms with E-state index in [-0.39, 0.29) is 5.91 Å². The first kappa shape index (κ1) is 15.3. The quantitative estimate of drug-likeness (QED) is 0.834. The Hall–Kier alpha value is -2.11. The highest BCUT2D eigenvalue weighted by atomic mass is 35.5. The Labute approximate surface area is 130 Å². The van der Waals surface area contributed by atoms with Crippen molar-refractivity contribution in [2.24, 2.45) is 0 Å². The van der Waals surface area contributed by atoms with Gasteiger partial charge < -0.3 is 10.4 Å². The third-order valence-corrected chi connectivity index (χ3v) is 4.10. The second-order valence-electron chi connectivity index (χ2n) is 4.28. The minimum Gasteiger partial charge on any atom is -0.478 e. The number of halogens is 1.